The Balaban J connectivity index is 1.91. The zero-order valence-electron chi connectivity index (χ0n) is 13.0. The van der Waals surface area contributed by atoms with Gasteiger partial charge in [-0.05, 0) is 50.3 Å². The number of nitrogens with one attached hydrogen (secondary N) is 1. The summed E-state index contributed by atoms with van der Waals surface area (Å²) in [6.07, 6.45) is 8.40. The highest BCUT2D eigenvalue weighted by Crippen LogP contribution is 2.30. The molecule has 0 heterocycles. The Labute approximate surface area is 128 Å². The maximum absolute atomic E-state index is 3.81. The summed E-state index contributed by atoms with van der Waals surface area (Å²) in [5, 5.41) is 3.81. The molecule has 2 rings (SSSR count). The summed E-state index contributed by atoms with van der Waals surface area (Å²) in [6, 6.07) is 9.47. The van der Waals surface area contributed by atoms with Crippen molar-refractivity contribution in [2.24, 2.45) is 5.92 Å². The van der Waals surface area contributed by atoms with Gasteiger partial charge in [0.05, 0.1) is 0 Å². The molecule has 0 amide bonds. The third kappa shape index (κ3) is 4.82. The molecule has 0 bridgehead atoms. The second-order valence-electron chi connectivity index (χ2n) is 6.04. The Morgan fingerprint density at radius 1 is 1.20 bits per heavy atom. The van der Waals surface area contributed by atoms with Crippen molar-refractivity contribution in [1.29, 1.82) is 0 Å². The van der Waals surface area contributed by atoms with Gasteiger partial charge in [0.1, 0.15) is 0 Å². The topological polar surface area (TPSA) is 12.0 Å². The first-order chi connectivity index (χ1) is 9.81. The van der Waals surface area contributed by atoms with Gasteiger partial charge in [-0.3, -0.25) is 0 Å². The molecular formula is C18H29NS. The second-order valence-corrected chi connectivity index (χ2v) is 7.10. The van der Waals surface area contributed by atoms with Crippen LogP contribution in [-0.2, 0) is 0 Å². The summed E-state index contributed by atoms with van der Waals surface area (Å²) in [4.78, 5) is 1.45. The van der Waals surface area contributed by atoms with E-state index in [9.17, 15) is 0 Å². The molecule has 1 N–H and O–H groups in total. The van der Waals surface area contributed by atoms with Crippen LogP contribution in [0.15, 0.2) is 29.2 Å². The van der Waals surface area contributed by atoms with Crippen LogP contribution in [0.25, 0.3) is 0 Å². The Bertz CT molecular complexity index is 385. The molecular weight excluding hydrogens is 262 g/mol. The van der Waals surface area contributed by atoms with E-state index in [1.54, 1.807) is 0 Å². The zero-order valence-corrected chi connectivity index (χ0v) is 13.8. The summed E-state index contributed by atoms with van der Waals surface area (Å²) < 4.78 is 0. The van der Waals surface area contributed by atoms with E-state index in [2.05, 4.69) is 43.4 Å². The van der Waals surface area contributed by atoms with Crippen molar-refractivity contribution in [2.45, 2.75) is 63.3 Å². The van der Waals surface area contributed by atoms with Crippen LogP contribution in [0.5, 0.6) is 0 Å². The molecule has 0 radical (unpaired) electrons. The van der Waals surface area contributed by atoms with Crippen LogP contribution in [0.1, 0.15) is 51.0 Å². The van der Waals surface area contributed by atoms with Gasteiger partial charge in [-0.25, -0.2) is 0 Å². The molecule has 1 fully saturated rings. The van der Waals surface area contributed by atoms with Crippen LogP contribution >= 0.6 is 11.8 Å². The molecule has 0 saturated heterocycles. The van der Waals surface area contributed by atoms with Gasteiger partial charge in [0, 0.05) is 16.7 Å². The average Bonchev–Trinajstić information content (AvgIpc) is 2.50. The molecule has 20 heavy (non-hydrogen) atoms. The number of benzene rings is 1. The van der Waals surface area contributed by atoms with Crippen molar-refractivity contribution >= 4 is 11.8 Å². The first-order valence-corrected chi connectivity index (χ1v) is 9.21. The van der Waals surface area contributed by atoms with E-state index < -0.39 is 0 Å². The Morgan fingerprint density at radius 2 is 1.95 bits per heavy atom. The largest absolute Gasteiger partial charge is 0.313 e. The van der Waals surface area contributed by atoms with Crippen molar-refractivity contribution in [3.63, 3.8) is 0 Å². The van der Waals surface area contributed by atoms with Gasteiger partial charge in [-0.1, -0.05) is 44.4 Å². The van der Waals surface area contributed by atoms with Crippen molar-refractivity contribution in [1.82, 2.24) is 5.32 Å². The molecule has 0 spiro atoms. The van der Waals surface area contributed by atoms with Gasteiger partial charge in [0.25, 0.3) is 0 Å². The van der Waals surface area contributed by atoms with Crippen molar-refractivity contribution in [2.75, 3.05) is 12.3 Å². The molecule has 1 atom stereocenters. The van der Waals surface area contributed by atoms with Gasteiger partial charge < -0.3 is 5.32 Å². The third-order valence-corrected chi connectivity index (χ3v) is 5.68. The fourth-order valence-electron chi connectivity index (χ4n) is 3.13. The maximum atomic E-state index is 3.81. The predicted octanol–water partition coefficient (Wildman–Crippen LogP) is 5.04. The molecule has 1 saturated carbocycles. The number of hydrogen-bond acceptors (Lipinski definition) is 2. The first-order valence-electron chi connectivity index (χ1n) is 8.23. The van der Waals surface area contributed by atoms with E-state index in [1.807, 2.05) is 11.8 Å². The fraction of sp³-hybridized carbons (Fsp3) is 0.667. The number of hydrogen-bond donors (Lipinski definition) is 1. The highest BCUT2D eigenvalue weighted by molar-refractivity contribution is 7.99. The van der Waals surface area contributed by atoms with Crippen molar-refractivity contribution in [3.8, 4) is 0 Å². The maximum Gasteiger partial charge on any atom is 0.0189 e. The van der Waals surface area contributed by atoms with Crippen molar-refractivity contribution in [3.05, 3.63) is 29.8 Å². The lowest BCUT2D eigenvalue weighted by molar-refractivity contribution is 0.285. The van der Waals surface area contributed by atoms with Crippen LogP contribution in [-0.4, -0.2) is 18.3 Å². The van der Waals surface area contributed by atoms with Crippen LogP contribution in [0.2, 0.25) is 0 Å². The summed E-state index contributed by atoms with van der Waals surface area (Å²) in [5.74, 6) is 2.11. The Kier molecular flexibility index (Phi) is 6.95. The minimum Gasteiger partial charge on any atom is -0.313 e. The summed E-state index contributed by atoms with van der Waals surface area (Å²) >= 11 is 2.04. The number of aryl methyl sites for hydroxylation is 1. The molecule has 1 aromatic carbocycles. The first kappa shape index (κ1) is 15.9. The predicted molar refractivity (Wildman–Crippen MR) is 90.6 cm³/mol. The average molecular weight is 292 g/mol. The third-order valence-electron chi connectivity index (χ3n) is 4.39. The normalized spacial score (nSPS) is 18.1. The van der Waals surface area contributed by atoms with Gasteiger partial charge in [0.2, 0.25) is 0 Å². The van der Waals surface area contributed by atoms with Gasteiger partial charge in [-0.2, -0.15) is 0 Å². The molecule has 0 aliphatic heterocycles. The van der Waals surface area contributed by atoms with Crippen LogP contribution in [0, 0.1) is 12.8 Å². The zero-order chi connectivity index (χ0) is 14.2. The molecule has 1 unspecified atom stereocenters. The van der Waals surface area contributed by atoms with Gasteiger partial charge in [0.15, 0.2) is 0 Å². The Morgan fingerprint density at radius 3 is 2.65 bits per heavy atom. The van der Waals surface area contributed by atoms with E-state index in [-0.39, 0.29) is 0 Å². The minimum absolute atomic E-state index is 0.694. The second kappa shape index (κ2) is 8.74. The van der Waals surface area contributed by atoms with E-state index in [0.717, 1.165) is 12.5 Å². The Hall–Kier alpha value is -0.470. The molecule has 112 valence electrons. The smallest absolute Gasteiger partial charge is 0.0189 e. The fourth-order valence-corrected chi connectivity index (χ4v) is 4.35. The van der Waals surface area contributed by atoms with Crippen molar-refractivity contribution < 1.29 is 0 Å². The monoisotopic (exact) mass is 291 g/mol. The molecule has 1 aromatic rings. The van der Waals surface area contributed by atoms with E-state index in [0.29, 0.717) is 6.04 Å². The lowest BCUT2D eigenvalue weighted by atomic mass is 9.84. The summed E-state index contributed by atoms with van der Waals surface area (Å²) in [6.45, 7) is 5.65. The lowest BCUT2D eigenvalue weighted by Gasteiger charge is -2.31. The van der Waals surface area contributed by atoms with E-state index in [1.165, 1.54) is 54.7 Å². The minimum atomic E-state index is 0.694. The quantitative estimate of drug-likeness (QED) is 0.707. The molecule has 1 aliphatic rings. The molecule has 1 nitrogen and oxygen atoms in total. The standard InChI is InChI=1S/C18H29NS/c1-3-13-19-17(16-10-5-4-6-11-16)14-20-18-12-8-7-9-15(18)2/h7-9,12,16-17,19H,3-6,10-11,13-14H2,1-2H3. The molecule has 1 aliphatic carbocycles. The lowest BCUT2D eigenvalue weighted by Crippen LogP contribution is -2.39. The SMILES string of the molecule is CCCNC(CSc1ccccc1C)C1CCCCC1. The van der Waals surface area contributed by atoms with Crippen LogP contribution in [0.3, 0.4) is 0 Å². The number of thioether (sulfide) groups is 1. The summed E-state index contributed by atoms with van der Waals surface area (Å²) in [5.41, 5.74) is 1.41. The van der Waals surface area contributed by atoms with Gasteiger partial charge >= 0.3 is 0 Å². The van der Waals surface area contributed by atoms with Gasteiger partial charge in [-0.15, -0.1) is 11.8 Å². The highest BCUT2D eigenvalue weighted by Gasteiger charge is 2.23. The summed E-state index contributed by atoms with van der Waals surface area (Å²) in [7, 11) is 0. The van der Waals surface area contributed by atoms with Crippen LogP contribution < -0.4 is 5.32 Å². The molecule has 2 heteroatoms. The molecule has 0 aromatic heterocycles. The number of rotatable bonds is 7. The van der Waals surface area contributed by atoms with E-state index in [4.69, 9.17) is 0 Å². The van der Waals surface area contributed by atoms with Crippen LogP contribution in [0.4, 0.5) is 0 Å². The van der Waals surface area contributed by atoms with E-state index >= 15 is 0 Å². The highest BCUT2D eigenvalue weighted by atomic mass is 32.2.